The predicted molar refractivity (Wildman–Crippen MR) is 51.0 cm³/mol. The lowest BCUT2D eigenvalue weighted by Gasteiger charge is -2.09. The standard InChI is InChI=1S/C10H6ClF3O/c1-2-9(15)6-3-4-8(11)7(5-6)10(12,13)14/h2-5H,1H2. The smallest absolute Gasteiger partial charge is 0.289 e. The number of carbonyl (C=O) groups excluding carboxylic acids is 1. The van der Waals surface area contributed by atoms with Crippen LogP contribution >= 0.6 is 11.6 Å². The Hall–Kier alpha value is -1.29. The monoisotopic (exact) mass is 234 g/mol. The second kappa shape index (κ2) is 4.06. The number of allylic oxidation sites excluding steroid dienone is 1. The maximum absolute atomic E-state index is 12.4. The molecule has 0 N–H and O–H groups in total. The number of hydrogen-bond donors (Lipinski definition) is 0. The molecular weight excluding hydrogens is 229 g/mol. The van der Waals surface area contributed by atoms with Crippen molar-refractivity contribution in [3.63, 3.8) is 0 Å². The summed E-state index contributed by atoms with van der Waals surface area (Å²) in [5.74, 6) is -0.572. The van der Waals surface area contributed by atoms with Gasteiger partial charge in [-0.05, 0) is 24.3 Å². The molecule has 5 heteroatoms. The van der Waals surface area contributed by atoms with E-state index in [0.29, 0.717) is 6.07 Å². The predicted octanol–water partition coefficient (Wildman–Crippen LogP) is 3.73. The van der Waals surface area contributed by atoms with Gasteiger partial charge in [0, 0.05) is 5.56 Å². The van der Waals surface area contributed by atoms with Gasteiger partial charge in [-0.1, -0.05) is 18.2 Å². The summed E-state index contributed by atoms with van der Waals surface area (Å²) in [5.41, 5.74) is -1.10. The first-order valence-corrected chi connectivity index (χ1v) is 4.27. The molecule has 0 aromatic heterocycles. The number of ketones is 1. The lowest BCUT2D eigenvalue weighted by atomic mass is 10.1. The van der Waals surface area contributed by atoms with Crippen molar-refractivity contribution in [1.82, 2.24) is 0 Å². The molecule has 80 valence electrons. The van der Waals surface area contributed by atoms with Crippen LogP contribution in [0.15, 0.2) is 30.9 Å². The summed E-state index contributed by atoms with van der Waals surface area (Å²) in [6, 6.07) is 2.98. The van der Waals surface area contributed by atoms with Gasteiger partial charge in [-0.25, -0.2) is 0 Å². The Kier molecular flexibility index (Phi) is 3.19. The Labute approximate surface area is 89.2 Å². The van der Waals surface area contributed by atoms with Gasteiger partial charge in [0.15, 0.2) is 5.78 Å². The fourth-order valence-corrected chi connectivity index (χ4v) is 1.24. The van der Waals surface area contributed by atoms with Gasteiger partial charge in [-0.3, -0.25) is 4.79 Å². The second-order valence-electron chi connectivity index (χ2n) is 2.76. The van der Waals surface area contributed by atoms with Gasteiger partial charge in [-0.2, -0.15) is 13.2 Å². The van der Waals surface area contributed by atoms with Crippen molar-refractivity contribution >= 4 is 17.4 Å². The van der Waals surface area contributed by atoms with E-state index in [4.69, 9.17) is 11.6 Å². The minimum atomic E-state index is -4.56. The van der Waals surface area contributed by atoms with Crippen molar-refractivity contribution in [2.45, 2.75) is 6.18 Å². The van der Waals surface area contributed by atoms with Gasteiger partial charge in [-0.15, -0.1) is 0 Å². The van der Waals surface area contributed by atoms with Crippen molar-refractivity contribution in [1.29, 1.82) is 0 Å². The number of alkyl halides is 3. The van der Waals surface area contributed by atoms with Crippen molar-refractivity contribution in [2.75, 3.05) is 0 Å². The topological polar surface area (TPSA) is 17.1 Å². The Bertz CT molecular complexity index is 410. The summed E-state index contributed by atoms with van der Waals surface area (Å²) in [4.78, 5) is 11.1. The molecule has 15 heavy (non-hydrogen) atoms. The molecule has 0 aliphatic heterocycles. The van der Waals surface area contributed by atoms with Gasteiger partial charge < -0.3 is 0 Å². The van der Waals surface area contributed by atoms with Gasteiger partial charge in [0.25, 0.3) is 0 Å². The maximum Gasteiger partial charge on any atom is 0.417 e. The van der Waals surface area contributed by atoms with Crippen molar-refractivity contribution in [2.24, 2.45) is 0 Å². The molecule has 1 nitrogen and oxygen atoms in total. The van der Waals surface area contributed by atoms with E-state index in [1.807, 2.05) is 0 Å². The summed E-state index contributed by atoms with van der Waals surface area (Å²) in [6.45, 7) is 3.19. The van der Waals surface area contributed by atoms with E-state index >= 15 is 0 Å². The van der Waals surface area contributed by atoms with Crippen LogP contribution < -0.4 is 0 Å². The lowest BCUT2D eigenvalue weighted by Crippen LogP contribution is -2.07. The minimum Gasteiger partial charge on any atom is -0.289 e. The highest BCUT2D eigenvalue weighted by atomic mass is 35.5. The molecule has 0 radical (unpaired) electrons. The SMILES string of the molecule is C=CC(=O)c1ccc(Cl)c(C(F)(F)F)c1. The molecule has 0 aliphatic rings. The average molecular weight is 235 g/mol. The number of rotatable bonds is 2. The highest BCUT2D eigenvalue weighted by Gasteiger charge is 2.33. The molecule has 1 rings (SSSR count). The number of hydrogen-bond acceptors (Lipinski definition) is 1. The molecule has 0 heterocycles. The molecule has 0 amide bonds. The van der Waals surface area contributed by atoms with Gasteiger partial charge >= 0.3 is 6.18 Å². The number of benzene rings is 1. The zero-order valence-corrected chi connectivity index (χ0v) is 8.19. The zero-order chi connectivity index (χ0) is 11.6. The lowest BCUT2D eigenvalue weighted by molar-refractivity contribution is -0.137. The summed E-state index contributed by atoms with van der Waals surface area (Å²) < 4.78 is 37.1. The van der Waals surface area contributed by atoms with E-state index in [1.54, 1.807) is 0 Å². The van der Waals surface area contributed by atoms with Crippen LogP contribution in [0.5, 0.6) is 0 Å². The third-order valence-electron chi connectivity index (χ3n) is 1.74. The summed E-state index contributed by atoms with van der Waals surface area (Å²) in [7, 11) is 0. The van der Waals surface area contributed by atoms with E-state index in [9.17, 15) is 18.0 Å². The van der Waals surface area contributed by atoms with E-state index < -0.39 is 22.5 Å². The first kappa shape index (κ1) is 11.8. The highest BCUT2D eigenvalue weighted by Crippen LogP contribution is 2.35. The van der Waals surface area contributed by atoms with Gasteiger partial charge in [0.05, 0.1) is 10.6 Å². The molecule has 0 fully saturated rings. The molecular formula is C10H6ClF3O. The van der Waals surface area contributed by atoms with Gasteiger partial charge in [0.1, 0.15) is 0 Å². The second-order valence-corrected chi connectivity index (χ2v) is 3.17. The molecule has 0 spiro atoms. The molecule has 0 saturated heterocycles. The average Bonchev–Trinajstić information content (AvgIpc) is 2.15. The third kappa shape index (κ3) is 2.59. The van der Waals surface area contributed by atoms with Crippen LogP contribution in [-0.2, 0) is 6.18 Å². The Morgan fingerprint density at radius 1 is 1.40 bits per heavy atom. The van der Waals surface area contributed by atoms with Crippen LogP contribution in [-0.4, -0.2) is 5.78 Å². The van der Waals surface area contributed by atoms with Crippen LogP contribution in [0.1, 0.15) is 15.9 Å². The molecule has 0 atom stereocenters. The van der Waals surface area contributed by atoms with Crippen LogP contribution in [0.2, 0.25) is 5.02 Å². The van der Waals surface area contributed by atoms with E-state index in [1.165, 1.54) is 6.07 Å². The normalized spacial score (nSPS) is 11.2. The number of halogens is 4. The van der Waals surface area contributed by atoms with E-state index in [0.717, 1.165) is 12.1 Å². The van der Waals surface area contributed by atoms with Crippen LogP contribution in [0, 0.1) is 0 Å². The van der Waals surface area contributed by atoms with E-state index in [-0.39, 0.29) is 5.56 Å². The van der Waals surface area contributed by atoms with Gasteiger partial charge in [0.2, 0.25) is 0 Å². The molecule has 1 aromatic carbocycles. The summed E-state index contributed by atoms with van der Waals surface area (Å²) in [5, 5.41) is -0.428. The fourth-order valence-electron chi connectivity index (χ4n) is 1.01. The fraction of sp³-hybridized carbons (Fsp3) is 0.100. The maximum atomic E-state index is 12.4. The molecule has 0 aliphatic carbocycles. The molecule has 0 bridgehead atoms. The minimum absolute atomic E-state index is 0.0817. The Morgan fingerprint density at radius 3 is 2.47 bits per heavy atom. The highest BCUT2D eigenvalue weighted by molar-refractivity contribution is 6.31. The molecule has 0 unspecified atom stereocenters. The van der Waals surface area contributed by atoms with Crippen molar-refractivity contribution in [3.8, 4) is 0 Å². The van der Waals surface area contributed by atoms with E-state index in [2.05, 4.69) is 6.58 Å². The zero-order valence-electron chi connectivity index (χ0n) is 7.44. The number of carbonyl (C=O) groups is 1. The summed E-state index contributed by atoms with van der Waals surface area (Å²) in [6.07, 6.45) is -3.61. The Morgan fingerprint density at radius 2 is 2.00 bits per heavy atom. The first-order valence-electron chi connectivity index (χ1n) is 3.90. The summed E-state index contributed by atoms with van der Waals surface area (Å²) >= 11 is 5.37. The molecule has 0 saturated carbocycles. The Balaban J connectivity index is 3.29. The third-order valence-corrected chi connectivity index (χ3v) is 2.07. The van der Waals surface area contributed by atoms with Crippen LogP contribution in [0.4, 0.5) is 13.2 Å². The molecule has 1 aromatic rings. The quantitative estimate of drug-likeness (QED) is 0.563. The van der Waals surface area contributed by atoms with Crippen molar-refractivity contribution < 1.29 is 18.0 Å². The van der Waals surface area contributed by atoms with Crippen molar-refractivity contribution in [3.05, 3.63) is 47.0 Å². The largest absolute Gasteiger partial charge is 0.417 e. The van der Waals surface area contributed by atoms with Crippen LogP contribution in [0.25, 0.3) is 0 Å². The van der Waals surface area contributed by atoms with Crippen LogP contribution in [0.3, 0.4) is 0 Å². The first-order chi connectivity index (χ1) is 6.86.